The van der Waals surface area contributed by atoms with Gasteiger partial charge >= 0.3 is 12.0 Å². The van der Waals surface area contributed by atoms with Gasteiger partial charge in [-0.15, -0.1) is 0 Å². The Morgan fingerprint density at radius 3 is 2.53 bits per heavy atom. The summed E-state index contributed by atoms with van der Waals surface area (Å²) in [6.45, 7) is 1.82. The van der Waals surface area contributed by atoms with E-state index < -0.39 is 18.0 Å². The molecule has 0 bridgehead atoms. The minimum Gasteiger partial charge on any atom is -0.490 e. The summed E-state index contributed by atoms with van der Waals surface area (Å²) in [6, 6.07) is 5.74. The van der Waals surface area contributed by atoms with E-state index in [1.54, 1.807) is 12.1 Å². The van der Waals surface area contributed by atoms with Gasteiger partial charge in [-0.25, -0.2) is 9.59 Å². The molecule has 19 heavy (non-hydrogen) atoms. The molecule has 104 valence electrons. The van der Waals surface area contributed by atoms with Crippen molar-refractivity contribution in [3.63, 3.8) is 0 Å². The number of rotatable bonds is 6. The van der Waals surface area contributed by atoms with Gasteiger partial charge in [0.05, 0.1) is 0 Å². The minimum atomic E-state index is -0.773. The first-order valence-electron chi connectivity index (χ1n) is 5.60. The highest BCUT2D eigenvalue weighted by molar-refractivity contribution is 9.10. The standard InChI is InChI=1S/C12H15BrN2O4/c1-8(15-12(14)17)11(16)19-7-6-18-10-4-2-9(13)3-5-10/h2-5,8H,6-7H2,1H3,(H3,14,15,17). The Hall–Kier alpha value is -1.76. The molecule has 0 aromatic heterocycles. The van der Waals surface area contributed by atoms with Crippen molar-refractivity contribution in [2.45, 2.75) is 13.0 Å². The summed E-state index contributed by atoms with van der Waals surface area (Å²) in [7, 11) is 0. The zero-order valence-corrected chi connectivity index (χ0v) is 12.0. The Balaban J connectivity index is 2.21. The van der Waals surface area contributed by atoms with E-state index in [2.05, 4.69) is 21.2 Å². The molecule has 0 fully saturated rings. The molecule has 2 amide bonds. The van der Waals surface area contributed by atoms with E-state index >= 15 is 0 Å². The van der Waals surface area contributed by atoms with Crippen molar-refractivity contribution in [2.75, 3.05) is 13.2 Å². The summed E-state index contributed by atoms with van der Waals surface area (Å²) in [5.74, 6) is 0.126. The maximum absolute atomic E-state index is 11.4. The molecule has 1 rings (SSSR count). The minimum absolute atomic E-state index is 0.0969. The summed E-state index contributed by atoms with van der Waals surface area (Å²) in [5, 5.41) is 2.23. The van der Waals surface area contributed by atoms with Crippen molar-refractivity contribution in [2.24, 2.45) is 5.73 Å². The van der Waals surface area contributed by atoms with Crippen LogP contribution in [0.2, 0.25) is 0 Å². The first-order valence-corrected chi connectivity index (χ1v) is 6.39. The number of halogens is 1. The van der Waals surface area contributed by atoms with Crippen LogP contribution in [0, 0.1) is 0 Å². The number of amides is 2. The Morgan fingerprint density at radius 1 is 1.32 bits per heavy atom. The molecule has 0 aliphatic carbocycles. The van der Waals surface area contributed by atoms with E-state index in [1.165, 1.54) is 6.92 Å². The fraction of sp³-hybridized carbons (Fsp3) is 0.333. The summed E-state index contributed by atoms with van der Waals surface area (Å²) in [4.78, 5) is 21.9. The van der Waals surface area contributed by atoms with E-state index in [-0.39, 0.29) is 13.2 Å². The molecular formula is C12H15BrN2O4. The number of urea groups is 1. The number of carbonyl (C=O) groups excluding carboxylic acids is 2. The van der Waals surface area contributed by atoms with Gasteiger partial charge in [0.1, 0.15) is 25.0 Å². The molecule has 3 N–H and O–H groups in total. The zero-order chi connectivity index (χ0) is 14.3. The summed E-state index contributed by atoms with van der Waals surface area (Å²) in [6.07, 6.45) is 0. The van der Waals surface area contributed by atoms with E-state index in [4.69, 9.17) is 15.2 Å². The normalized spacial score (nSPS) is 11.5. The smallest absolute Gasteiger partial charge is 0.328 e. The lowest BCUT2D eigenvalue weighted by molar-refractivity contribution is -0.146. The van der Waals surface area contributed by atoms with Crippen molar-refractivity contribution in [1.82, 2.24) is 5.32 Å². The van der Waals surface area contributed by atoms with Crippen LogP contribution in [0.15, 0.2) is 28.7 Å². The molecule has 1 unspecified atom stereocenters. The third-order valence-corrected chi connectivity index (χ3v) is 2.65. The Labute approximate surface area is 119 Å². The monoisotopic (exact) mass is 330 g/mol. The van der Waals surface area contributed by atoms with Crippen LogP contribution in [0.4, 0.5) is 4.79 Å². The molecule has 1 aromatic carbocycles. The van der Waals surface area contributed by atoms with Crippen molar-refractivity contribution in [1.29, 1.82) is 0 Å². The molecule has 7 heteroatoms. The largest absolute Gasteiger partial charge is 0.490 e. The third-order valence-electron chi connectivity index (χ3n) is 2.12. The van der Waals surface area contributed by atoms with Crippen LogP contribution in [0.25, 0.3) is 0 Å². The molecule has 0 radical (unpaired) electrons. The summed E-state index contributed by atoms with van der Waals surface area (Å²) in [5.41, 5.74) is 4.89. The van der Waals surface area contributed by atoms with E-state index in [9.17, 15) is 9.59 Å². The highest BCUT2D eigenvalue weighted by Crippen LogP contribution is 2.15. The lowest BCUT2D eigenvalue weighted by Crippen LogP contribution is -2.42. The molecule has 1 atom stereocenters. The summed E-state index contributed by atoms with van der Waals surface area (Å²) < 4.78 is 11.2. The number of esters is 1. The SMILES string of the molecule is CC(NC(N)=O)C(=O)OCCOc1ccc(Br)cc1. The number of nitrogens with one attached hydrogen (secondary N) is 1. The topological polar surface area (TPSA) is 90.7 Å². The Morgan fingerprint density at radius 2 is 1.95 bits per heavy atom. The van der Waals surface area contributed by atoms with Crippen LogP contribution < -0.4 is 15.8 Å². The van der Waals surface area contributed by atoms with Gasteiger partial charge in [0.2, 0.25) is 0 Å². The maximum atomic E-state index is 11.4. The van der Waals surface area contributed by atoms with Gasteiger partial charge < -0.3 is 20.5 Å². The molecule has 0 heterocycles. The highest BCUT2D eigenvalue weighted by Gasteiger charge is 2.15. The predicted molar refractivity (Wildman–Crippen MR) is 72.8 cm³/mol. The third kappa shape index (κ3) is 6.10. The number of carbonyl (C=O) groups is 2. The lowest BCUT2D eigenvalue weighted by Gasteiger charge is -2.12. The molecule has 0 spiro atoms. The number of nitrogens with two attached hydrogens (primary N) is 1. The molecule has 0 saturated carbocycles. The van der Waals surface area contributed by atoms with Gasteiger partial charge in [0.15, 0.2) is 0 Å². The average molecular weight is 331 g/mol. The quantitative estimate of drug-likeness (QED) is 0.609. The fourth-order valence-corrected chi connectivity index (χ4v) is 1.49. The van der Waals surface area contributed by atoms with Crippen LogP contribution in [0.5, 0.6) is 5.75 Å². The summed E-state index contributed by atoms with van der Waals surface area (Å²) >= 11 is 3.31. The first kappa shape index (κ1) is 15.3. The van der Waals surface area contributed by atoms with Gasteiger partial charge in [-0.05, 0) is 31.2 Å². The van der Waals surface area contributed by atoms with Crippen LogP contribution in [0.1, 0.15) is 6.92 Å². The molecule has 0 aliphatic heterocycles. The van der Waals surface area contributed by atoms with E-state index in [0.29, 0.717) is 5.75 Å². The van der Waals surface area contributed by atoms with Crippen LogP contribution in [-0.2, 0) is 9.53 Å². The predicted octanol–water partition coefficient (Wildman–Crippen LogP) is 1.43. The second-order valence-corrected chi connectivity index (χ2v) is 4.62. The second kappa shape index (κ2) is 7.63. The number of primary amides is 1. The zero-order valence-electron chi connectivity index (χ0n) is 10.4. The van der Waals surface area contributed by atoms with Gasteiger partial charge in [-0.3, -0.25) is 0 Å². The van der Waals surface area contributed by atoms with Crippen LogP contribution >= 0.6 is 15.9 Å². The second-order valence-electron chi connectivity index (χ2n) is 3.70. The maximum Gasteiger partial charge on any atom is 0.328 e. The van der Waals surface area contributed by atoms with Crippen LogP contribution in [0.3, 0.4) is 0 Å². The van der Waals surface area contributed by atoms with Crippen LogP contribution in [-0.4, -0.2) is 31.3 Å². The Kier molecular flexibility index (Phi) is 6.14. The molecule has 6 nitrogen and oxygen atoms in total. The van der Waals surface area contributed by atoms with Crippen molar-refractivity contribution in [3.8, 4) is 5.75 Å². The van der Waals surface area contributed by atoms with Crippen molar-refractivity contribution < 1.29 is 19.1 Å². The first-order chi connectivity index (χ1) is 8.99. The van der Waals surface area contributed by atoms with Crippen molar-refractivity contribution >= 4 is 27.9 Å². The number of benzene rings is 1. The van der Waals surface area contributed by atoms with Gasteiger partial charge in [0.25, 0.3) is 0 Å². The molecule has 0 saturated heterocycles. The van der Waals surface area contributed by atoms with Crippen molar-refractivity contribution in [3.05, 3.63) is 28.7 Å². The van der Waals surface area contributed by atoms with Gasteiger partial charge in [-0.2, -0.15) is 0 Å². The number of hydrogen-bond donors (Lipinski definition) is 2. The van der Waals surface area contributed by atoms with Gasteiger partial charge in [-0.1, -0.05) is 15.9 Å². The Bertz CT molecular complexity index is 436. The fourth-order valence-electron chi connectivity index (χ4n) is 1.23. The molecule has 1 aromatic rings. The number of ether oxygens (including phenoxy) is 2. The average Bonchev–Trinajstić information content (AvgIpc) is 2.35. The van der Waals surface area contributed by atoms with E-state index in [0.717, 1.165) is 4.47 Å². The van der Waals surface area contributed by atoms with E-state index in [1.807, 2.05) is 12.1 Å². The highest BCUT2D eigenvalue weighted by atomic mass is 79.9. The molecular weight excluding hydrogens is 316 g/mol. The number of hydrogen-bond acceptors (Lipinski definition) is 4. The lowest BCUT2D eigenvalue weighted by atomic mass is 10.3. The molecule has 0 aliphatic rings. The van der Waals surface area contributed by atoms with Gasteiger partial charge in [0, 0.05) is 4.47 Å².